The summed E-state index contributed by atoms with van der Waals surface area (Å²) in [6.45, 7) is 6.29. The average Bonchev–Trinajstić information content (AvgIpc) is 2.81. The number of fused-ring (bicyclic) bond motifs is 1. The highest BCUT2D eigenvalue weighted by Gasteiger charge is 2.21. The average molecular weight is 293 g/mol. The molecular weight excluding hydrogens is 274 g/mol. The first-order valence-electron chi connectivity index (χ1n) is 6.69. The summed E-state index contributed by atoms with van der Waals surface area (Å²) in [5.74, 6) is -0.0484. The topological polar surface area (TPSA) is 68.5 Å². The monoisotopic (exact) mass is 293 g/mol. The minimum atomic E-state index is -0.0484. The van der Waals surface area contributed by atoms with Crippen LogP contribution >= 0.6 is 11.3 Å². The number of hydrogen-bond acceptors (Lipinski definition) is 5. The second-order valence-corrected chi connectivity index (χ2v) is 5.28. The van der Waals surface area contributed by atoms with E-state index in [2.05, 4.69) is 4.98 Å². The van der Waals surface area contributed by atoms with Gasteiger partial charge in [0, 0.05) is 31.3 Å². The van der Waals surface area contributed by atoms with Gasteiger partial charge in [0.15, 0.2) is 0 Å². The fourth-order valence-electron chi connectivity index (χ4n) is 1.98. The highest BCUT2D eigenvalue weighted by Crippen LogP contribution is 2.32. The third-order valence-corrected chi connectivity index (χ3v) is 4.19. The van der Waals surface area contributed by atoms with Crippen molar-refractivity contribution in [3.63, 3.8) is 0 Å². The van der Waals surface area contributed by atoms with Gasteiger partial charge in [-0.05, 0) is 26.0 Å². The molecule has 2 N–H and O–H groups in total. The Kier molecular flexibility index (Phi) is 4.92. The van der Waals surface area contributed by atoms with Gasteiger partial charge in [0.2, 0.25) is 0 Å². The molecule has 0 fully saturated rings. The van der Waals surface area contributed by atoms with E-state index >= 15 is 0 Å². The lowest BCUT2D eigenvalue weighted by Gasteiger charge is -2.20. The molecule has 108 valence electrons. The highest BCUT2D eigenvalue weighted by atomic mass is 32.1. The number of carbonyl (C=O) groups excluding carboxylic acids is 1. The molecule has 2 aromatic rings. The molecule has 0 bridgehead atoms. The second kappa shape index (κ2) is 6.67. The number of rotatable bonds is 6. The molecule has 20 heavy (non-hydrogen) atoms. The summed E-state index contributed by atoms with van der Waals surface area (Å²) < 4.78 is 5.31. The fraction of sp³-hybridized carbons (Fsp3) is 0.429. The standard InChI is InChI=1S/C14H19N3O2S/c1-3-17(8-9-19-4-2)14(18)12-11(15)10-6-5-7-16-13(10)20-12/h5-7H,3-4,8-9,15H2,1-2H3. The first kappa shape index (κ1) is 14.7. The molecule has 0 aliphatic heterocycles. The van der Waals surface area contributed by atoms with Gasteiger partial charge in [-0.2, -0.15) is 0 Å². The SMILES string of the molecule is CCOCCN(CC)C(=O)c1sc2ncccc2c1N. The van der Waals surface area contributed by atoms with Gasteiger partial charge in [0.1, 0.15) is 9.71 Å². The smallest absolute Gasteiger partial charge is 0.266 e. The van der Waals surface area contributed by atoms with Crippen LogP contribution in [0.2, 0.25) is 0 Å². The summed E-state index contributed by atoms with van der Waals surface area (Å²) in [4.78, 5) is 19.9. The number of aromatic nitrogens is 1. The number of pyridine rings is 1. The molecule has 6 heteroatoms. The normalized spacial score (nSPS) is 10.9. The molecule has 0 aliphatic rings. The summed E-state index contributed by atoms with van der Waals surface area (Å²) in [7, 11) is 0. The van der Waals surface area contributed by atoms with E-state index in [0.29, 0.717) is 36.9 Å². The van der Waals surface area contributed by atoms with E-state index in [0.717, 1.165) is 10.2 Å². The molecule has 2 aromatic heterocycles. The summed E-state index contributed by atoms with van der Waals surface area (Å²) >= 11 is 1.35. The number of hydrogen-bond donors (Lipinski definition) is 1. The molecule has 2 heterocycles. The number of anilines is 1. The quantitative estimate of drug-likeness (QED) is 0.830. The molecule has 5 nitrogen and oxygen atoms in total. The number of thiophene rings is 1. The zero-order valence-electron chi connectivity index (χ0n) is 11.8. The Morgan fingerprint density at radius 3 is 2.95 bits per heavy atom. The number of likely N-dealkylation sites (N-methyl/N-ethyl adjacent to an activating group) is 1. The van der Waals surface area contributed by atoms with E-state index in [1.54, 1.807) is 11.1 Å². The molecule has 0 aromatic carbocycles. The molecule has 0 spiro atoms. The van der Waals surface area contributed by atoms with E-state index in [4.69, 9.17) is 10.5 Å². The Morgan fingerprint density at radius 1 is 1.50 bits per heavy atom. The van der Waals surface area contributed by atoms with Crippen molar-refractivity contribution in [2.24, 2.45) is 0 Å². The highest BCUT2D eigenvalue weighted by molar-refractivity contribution is 7.21. The summed E-state index contributed by atoms with van der Waals surface area (Å²) in [6, 6.07) is 3.72. The maximum Gasteiger partial charge on any atom is 0.266 e. The molecule has 0 aliphatic carbocycles. The van der Waals surface area contributed by atoms with Crippen LogP contribution in [0, 0.1) is 0 Å². The summed E-state index contributed by atoms with van der Waals surface area (Å²) in [5, 5.41) is 0.849. The number of carbonyl (C=O) groups is 1. The van der Waals surface area contributed by atoms with Crippen LogP contribution in [0.3, 0.4) is 0 Å². The maximum absolute atomic E-state index is 12.5. The van der Waals surface area contributed by atoms with Crippen molar-refractivity contribution in [1.29, 1.82) is 0 Å². The van der Waals surface area contributed by atoms with Crippen LogP contribution in [0.1, 0.15) is 23.5 Å². The minimum Gasteiger partial charge on any atom is -0.397 e. The summed E-state index contributed by atoms with van der Waals surface area (Å²) in [5.41, 5.74) is 6.60. The second-order valence-electron chi connectivity index (χ2n) is 4.28. The molecule has 1 amide bonds. The number of nitrogen functional groups attached to an aromatic ring is 1. The van der Waals surface area contributed by atoms with E-state index in [-0.39, 0.29) is 5.91 Å². The van der Waals surface area contributed by atoms with Crippen LogP contribution in [0.25, 0.3) is 10.2 Å². The number of nitrogens with zero attached hydrogens (tertiary/aromatic N) is 2. The van der Waals surface area contributed by atoms with Crippen molar-refractivity contribution in [1.82, 2.24) is 9.88 Å². The predicted octanol–water partition coefficient (Wildman–Crippen LogP) is 2.38. The largest absolute Gasteiger partial charge is 0.397 e. The first-order valence-corrected chi connectivity index (χ1v) is 7.50. The van der Waals surface area contributed by atoms with Crippen LogP contribution < -0.4 is 5.73 Å². The van der Waals surface area contributed by atoms with Gasteiger partial charge in [-0.25, -0.2) is 4.98 Å². The van der Waals surface area contributed by atoms with Crippen LogP contribution in [0.15, 0.2) is 18.3 Å². The molecule has 0 atom stereocenters. The maximum atomic E-state index is 12.5. The lowest BCUT2D eigenvalue weighted by atomic mass is 10.2. The Labute approximate surface area is 122 Å². The third-order valence-electron chi connectivity index (χ3n) is 3.08. The Balaban J connectivity index is 2.23. The van der Waals surface area contributed by atoms with Gasteiger partial charge in [-0.3, -0.25) is 4.79 Å². The lowest BCUT2D eigenvalue weighted by molar-refractivity contribution is 0.0674. The molecule has 0 saturated heterocycles. The zero-order chi connectivity index (χ0) is 14.5. The number of nitrogens with two attached hydrogens (primary N) is 1. The Hall–Kier alpha value is -1.66. The third kappa shape index (κ3) is 2.91. The van der Waals surface area contributed by atoms with Gasteiger partial charge in [-0.1, -0.05) is 0 Å². The van der Waals surface area contributed by atoms with Gasteiger partial charge < -0.3 is 15.4 Å². The van der Waals surface area contributed by atoms with E-state index in [9.17, 15) is 4.79 Å². The van der Waals surface area contributed by atoms with Gasteiger partial charge in [0.05, 0.1) is 12.3 Å². The van der Waals surface area contributed by atoms with Gasteiger partial charge in [-0.15, -0.1) is 11.3 Å². The zero-order valence-corrected chi connectivity index (χ0v) is 12.6. The van der Waals surface area contributed by atoms with E-state index in [1.165, 1.54) is 11.3 Å². The van der Waals surface area contributed by atoms with E-state index < -0.39 is 0 Å². The van der Waals surface area contributed by atoms with Crippen LogP contribution in [0.5, 0.6) is 0 Å². The van der Waals surface area contributed by atoms with Crippen molar-refractivity contribution in [3.05, 3.63) is 23.2 Å². The lowest BCUT2D eigenvalue weighted by Crippen LogP contribution is -2.33. The van der Waals surface area contributed by atoms with Crippen molar-refractivity contribution in [3.8, 4) is 0 Å². The first-order chi connectivity index (χ1) is 9.69. The molecule has 0 radical (unpaired) electrons. The Bertz CT molecular complexity index is 597. The van der Waals surface area contributed by atoms with Gasteiger partial charge in [0.25, 0.3) is 5.91 Å². The molecule has 0 saturated carbocycles. The van der Waals surface area contributed by atoms with Crippen LogP contribution in [-0.2, 0) is 4.74 Å². The Morgan fingerprint density at radius 2 is 2.30 bits per heavy atom. The van der Waals surface area contributed by atoms with Crippen molar-refractivity contribution in [2.45, 2.75) is 13.8 Å². The molecular formula is C14H19N3O2S. The van der Waals surface area contributed by atoms with Crippen molar-refractivity contribution < 1.29 is 9.53 Å². The number of ether oxygens (including phenoxy) is 1. The minimum absolute atomic E-state index is 0.0484. The van der Waals surface area contributed by atoms with Gasteiger partial charge >= 0.3 is 0 Å². The van der Waals surface area contributed by atoms with Crippen molar-refractivity contribution in [2.75, 3.05) is 32.0 Å². The van der Waals surface area contributed by atoms with Crippen LogP contribution in [0.4, 0.5) is 5.69 Å². The summed E-state index contributed by atoms with van der Waals surface area (Å²) in [6.07, 6.45) is 1.71. The number of amides is 1. The van der Waals surface area contributed by atoms with E-state index in [1.807, 2.05) is 26.0 Å². The molecule has 2 rings (SSSR count). The van der Waals surface area contributed by atoms with Crippen molar-refractivity contribution >= 4 is 33.1 Å². The molecule has 0 unspecified atom stereocenters. The predicted molar refractivity (Wildman–Crippen MR) is 82.1 cm³/mol. The fourth-order valence-corrected chi connectivity index (χ4v) is 3.01. The van der Waals surface area contributed by atoms with Crippen LogP contribution in [-0.4, -0.2) is 42.1 Å².